The Morgan fingerprint density at radius 2 is 2.24 bits per heavy atom. The Balaban J connectivity index is 2.62. The van der Waals surface area contributed by atoms with Crippen LogP contribution in [0.2, 0.25) is 5.02 Å². The zero-order valence-electron chi connectivity index (χ0n) is 9.75. The second-order valence-corrected chi connectivity index (χ2v) is 4.20. The van der Waals surface area contributed by atoms with Crippen molar-refractivity contribution < 1.29 is 4.79 Å². The van der Waals surface area contributed by atoms with Crippen molar-refractivity contribution in [1.82, 2.24) is 10.3 Å². The molecule has 88 valence electrons. The van der Waals surface area contributed by atoms with Crippen molar-refractivity contribution in [3.8, 4) is 0 Å². The lowest BCUT2D eigenvalue weighted by atomic mass is 10.0. The van der Waals surface area contributed by atoms with Crippen molar-refractivity contribution in [3.05, 3.63) is 40.5 Å². The maximum atomic E-state index is 11.8. The first-order chi connectivity index (χ1) is 8.15. The summed E-state index contributed by atoms with van der Waals surface area (Å²) in [7, 11) is 0. The Kier molecular flexibility index (Phi) is 3.29. The van der Waals surface area contributed by atoms with E-state index in [1.165, 1.54) is 0 Å². The third-order valence-corrected chi connectivity index (χ3v) is 3.00. The SMILES string of the molecule is CCNC(=O)c1cnc2c(Cl)cccc2c1C. The van der Waals surface area contributed by atoms with Crippen LogP contribution < -0.4 is 5.32 Å². The highest BCUT2D eigenvalue weighted by molar-refractivity contribution is 6.35. The van der Waals surface area contributed by atoms with E-state index >= 15 is 0 Å². The van der Waals surface area contributed by atoms with Gasteiger partial charge in [-0.05, 0) is 25.5 Å². The zero-order valence-corrected chi connectivity index (χ0v) is 10.5. The Labute approximate surface area is 105 Å². The molecule has 1 aromatic carbocycles. The quantitative estimate of drug-likeness (QED) is 0.888. The Hall–Kier alpha value is -1.61. The van der Waals surface area contributed by atoms with Gasteiger partial charge in [0.25, 0.3) is 5.91 Å². The van der Waals surface area contributed by atoms with Crippen molar-refractivity contribution in [3.63, 3.8) is 0 Å². The molecule has 4 heteroatoms. The van der Waals surface area contributed by atoms with E-state index in [0.717, 1.165) is 16.5 Å². The second-order valence-electron chi connectivity index (χ2n) is 3.79. The van der Waals surface area contributed by atoms with Gasteiger partial charge in [-0.15, -0.1) is 0 Å². The van der Waals surface area contributed by atoms with E-state index < -0.39 is 0 Å². The highest BCUT2D eigenvalue weighted by Crippen LogP contribution is 2.25. The third kappa shape index (κ3) is 2.11. The molecule has 1 aromatic heterocycles. The van der Waals surface area contributed by atoms with Crippen LogP contribution in [0.25, 0.3) is 10.9 Å². The van der Waals surface area contributed by atoms with E-state index in [1.54, 1.807) is 12.3 Å². The number of nitrogens with zero attached hydrogens (tertiary/aromatic N) is 1. The molecule has 2 aromatic rings. The average Bonchev–Trinajstić information content (AvgIpc) is 2.31. The van der Waals surface area contributed by atoms with Gasteiger partial charge in [-0.2, -0.15) is 0 Å². The molecule has 0 unspecified atom stereocenters. The number of para-hydroxylation sites is 1. The normalized spacial score (nSPS) is 10.5. The number of benzene rings is 1. The molecule has 0 fully saturated rings. The number of carbonyl (C=O) groups is 1. The summed E-state index contributed by atoms with van der Waals surface area (Å²) in [6, 6.07) is 5.58. The van der Waals surface area contributed by atoms with E-state index in [0.29, 0.717) is 17.1 Å². The average molecular weight is 249 g/mol. The van der Waals surface area contributed by atoms with Crippen LogP contribution in [0.3, 0.4) is 0 Å². The molecule has 17 heavy (non-hydrogen) atoms. The summed E-state index contributed by atoms with van der Waals surface area (Å²) >= 11 is 6.06. The molecule has 2 rings (SSSR count). The molecule has 0 aliphatic rings. The van der Waals surface area contributed by atoms with Gasteiger partial charge in [-0.25, -0.2) is 0 Å². The van der Waals surface area contributed by atoms with Gasteiger partial charge in [0.2, 0.25) is 0 Å². The molecule has 0 aliphatic heterocycles. The predicted molar refractivity (Wildman–Crippen MR) is 69.5 cm³/mol. The summed E-state index contributed by atoms with van der Waals surface area (Å²) in [6.07, 6.45) is 1.58. The predicted octanol–water partition coefficient (Wildman–Crippen LogP) is 2.95. The Morgan fingerprint density at radius 1 is 1.47 bits per heavy atom. The topological polar surface area (TPSA) is 42.0 Å². The second kappa shape index (κ2) is 4.72. The van der Waals surface area contributed by atoms with Crippen LogP contribution in [-0.2, 0) is 0 Å². The number of amides is 1. The standard InChI is InChI=1S/C13H13ClN2O/c1-3-15-13(17)10-7-16-12-9(8(10)2)5-4-6-11(12)14/h4-7H,3H2,1-2H3,(H,15,17). The number of hydrogen-bond donors (Lipinski definition) is 1. The lowest BCUT2D eigenvalue weighted by molar-refractivity contribution is 0.0955. The van der Waals surface area contributed by atoms with Gasteiger partial charge in [0.15, 0.2) is 0 Å². The van der Waals surface area contributed by atoms with Crippen molar-refractivity contribution in [2.75, 3.05) is 6.54 Å². The number of pyridine rings is 1. The minimum absolute atomic E-state index is 0.0978. The maximum absolute atomic E-state index is 11.8. The molecule has 1 amide bonds. The number of hydrogen-bond acceptors (Lipinski definition) is 2. The lowest BCUT2D eigenvalue weighted by Gasteiger charge is -2.09. The fraction of sp³-hybridized carbons (Fsp3) is 0.231. The lowest BCUT2D eigenvalue weighted by Crippen LogP contribution is -2.23. The van der Waals surface area contributed by atoms with E-state index in [2.05, 4.69) is 10.3 Å². The number of fused-ring (bicyclic) bond motifs is 1. The molecular weight excluding hydrogens is 236 g/mol. The van der Waals surface area contributed by atoms with Crippen LogP contribution in [0.5, 0.6) is 0 Å². The van der Waals surface area contributed by atoms with Crippen molar-refractivity contribution >= 4 is 28.4 Å². The van der Waals surface area contributed by atoms with Crippen LogP contribution in [0.4, 0.5) is 0 Å². The van der Waals surface area contributed by atoms with Crippen LogP contribution in [-0.4, -0.2) is 17.4 Å². The summed E-state index contributed by atoms with van der Waals surface area (Å²) in [5.74, 6) is -0.0978. The van der Waals surface area contributed by atoms with Gasteiger partial charge in [-0.3, -0.25) is 9.78 Å². The maximum Gasteiger partial charge on any atom is 0.253 e. The number of nitrogens with one attached hydrogen (secondary N) is 1. The van der Waals surface area contributed by atoms with Crippen molar-refractivity contribution in [2.24, 2.45) is 0 Å². The number of rotatable bonds is 2. The largest absolute Gasteiger partial charge is 0.352 e. The van der Waals surface area contributed by atoms with E-state index in [4.69, 9.17) is 11.6 Å². The first-order valence-electron chi connectivity index (χ1n) is 5.47. The Morgan fingerprint density at radius 3 is 2.94 bits per heavy atom. The first-order valence-corrected chi connectivity index (χ1v) is 5.85. The van der Waals surface area contributed by atoms with Crippen molar-refractivity contribution in [1.29, 1.82) is 0 Å². The molecule has 3 nitrogen and oxygen atoms in total. The number of aromatic nitrogens is 1. The Bertz CT molecular complexity index is 581. The zero-order chi connectivity index (χ0) is 12.4. The van der Waals surface area contributed by atoms with Gasteiger partial charge >= 0.3 is 0 Å². The van der Waals surface area contributed by atoms with Gasteiger partial charge in [0.05, 0.1) is 16.1 Å². The monoisotopic (exact) mass is 248 g/mol. The summed E-state index contributed by atoms with van der Waals surface area (Å²) in [6.45, 7) is 4.40. The van der Waals surface area contributed by atoms with Crippen LogP contribution >= 0.6 is 11.6 Å². The molecule has 0 radical (unpaired) electrons. The molecule has 0 atom stereocenters. The number of carbonyl (C=O) groups excluding carboxylic acids is 1. The summed E-state index contributed by atoms with van der Waals surface area (Å²) in [4.78, 5) is 16.1. The van der Waals surface area contributed by atoms with Crippen molar-refractivity contribution in [2.45, 2.75) is 13.8 Å². The third-order valence-electron chi connectivity index (χ3n) is 2.70. The van der Waals surface area contributed by atoms with E-state index in [-0.39, 0.29) is 5.91 Å². The molecule has 0 spiro atoms. The summed E-state index contributed by atoms with van der Waals surface area (Å²) < 4.78 is 0. The molecule has 0 saturated carbocycles. The fourth-order valence-corrected chi connectivity index (χ4v) is 2.03. The minimum Gasteiger partial charge on any atom is -0.352 e. The summed E-state index contributed by atoms with van der Waals surface area (Å²) in [5.41, 5.74) is 2.24. The van der Waals surface area contributed by atoms with Crippen LogP contribution in [0.1, 0.15) is 22.8 Å². The van der Waals surface area contributed by atoms with Gasteiger partial charge in [-0.1, -0.05) is 23.7 Å². The molecule has 1 heterocycles. The minimum atomic E-state index is -0.0978. The molecule has 0 aliphatic carbocycles. The van der Waals surface area contributed by atoms with Gasteiger partial charge in [0, 0.05) is 18.1 Å². The van der Waals surface area contributed by atoms with Crippen LogP contribution in [0, 0.1) is 6.92 Å². The van der Waals surface area contributed by atoms with E-state index in [9.17, 15) is 4.79 Å². The smallest absolute Gasteiger partial charge is 0.253 e. The molecular formula is C13H13ClN2O. The molecule has 0 saturated heterocycles. The first kappa shape index (κ1) is 11.9. The fourth-order valence-electron chi connectivity index (χ4n) is 1.80. The number of aryl methyl sites for hydroxylation is 1. The van der Waals surface area contributed by atoms with Crippen LogP contribution in [0.15, 0.2) is 24.4 Å². The van der Waals surface area contributed by atoms with Gasteiger partial charge in [0.1, 0.15) is 0 Å². The highest BCUT2D eigenvalue weighted by atomic mass is 35.5. The highest BCUT2D eigenvalue weighted by Gasteiger charge is 2.12. The summed E-state index contributed by atoms with van der Waals surface area (Å²) in [5, 5.41) is 4.29. The molecule has 0 bridgehead atoms. The number of halogens is 1. The van der Waals surface area contributed by atoms with Gasteiger partial charge < -0.3 is 5.32 Å². The van der Waals surface area contributed by atoms with E-state index in [1.807, 2.05) is 26.0 Å². The molecule has 1 N–H and O–H groups in total.